The number of rotatable bonds is 4. The van der Waals surface area contributed by atoms with E-state index >= 15 is 0 Å². The number of carbonyl (C=O) groups excluding carboxylic acids is 1. The van der Waals surface area contributed by atoms with Crippen molar-refractivity contribution in [2.24, 2.45) is 0 Å². The third-order valence-electron chi connectivity index (χ3n) is 4.50. The first-order valence-electron chi connectivity index (χ1n) is 7.81. The van der Waals surface area contributed by atoms with Crippen LogP contribution < -0.4 is 5.32 Å². The molecule has 4 heteroatoms. The van der Waals surface area contributed by atoms with Crippen LogP contribution in [-0.2, 0) is 4.79 Å². The van der Waals surface area contributed by atoms with E-state index in [0.717, 1.165) is 30.6 Å². The minimum atomic E-state index is -0.119. The largest absolute Gasteiger partial charge is 0.324 e. The number of amides is 1. The van der Waals surface area contributed by atoms with Crippen LogP contribution in [0.1, 0.15) is 36.9 Å². The van der Waals surface area contributed by atoms with Crippen molar-refractivity contribution in [2.75, 3.05) is 11.9 Å². The molecule has 1 amide bonds. The summed E-state index contributed by atoms with van der Waals surface area (Å²) in [7, 11) is 0. The maximum Gasteiger partial charge on any atom is 0.241 e. The second-order valence-corrected chi connectivity index (χ2v) is 6.71. The van der Waals surface area contributed by atoms with Gasteiger partial charge in [0.25, 0.3) is 0 Å². The summed E-state index contributed by atoms with van der Waals surface area (Å²) in [4.78, 5) is 14.9. The van der Waals surface area contributed by atoms with Gasteiger partial charge in [-0.1, -0.05) is 18.2 Å². The molecule has 1 aliphatic heterocycles. The van der Waals surface area contributed by atoms with E-state index in [2.05, 4.69) is 27.0 Å². The van der Waals surface area contributed by atoms with Gasteiger partial charge in [0.05, 0.1) is 6.04 Å². The number of nitrogens with one attached hydrogen (secondary N) is 1. The summed E-state index contributed by atoms with van der Waals surface area (Å²) in [5.74, 6) is 0.0800. The Bertz CT molecular complexity index is 638. The third-order valence-corrected chi connectivity index (χ3v) is 5.20. The summed E-state index contributed by atoms with van der Waals surface area (Å²) in [6.45, 7) is 5.02. The van der Waals surface area contributed by atoms with E-state index in [1.807, 2.05) is 38.1 Å². The number of aryl methyl sites for hydroxylation is 1. The number of carbonyl (C=O) groups is 1. The van der Waals surface area contributed by atoms with Crippen LogP contribution >= 0.6 is 11.3 Å². The Hall–Kier alpha value is -1.65. The molecule has 0 radical (unpaired) electrons. The molecule has 1 saturated heterocycles. The van der Waals surface area contributed by atoms with Gasteiger partial charge in [0.1, 0.15) is 0 Å². The molecule has 1 aromatic carbocycles. The van der Waals surface area contributed by atoms with Crippen molar-refractivity contribution in [2.45, 2.75) is 38.8 Å². The monoisotopic (exact) mass is 314 g/mol. The van der Waals surface area contributed by atoms with Gasteiger partial charge < -0.3 is 5.32 Å². The Labute approximate surface area is 136 Å². The quantitative estimate of drug-likeness (QED) is 0.916. The van der Waals surface area contributed by atoms with Crippen LogP contribution in [0, 0.1) is 6.92 Å². The van der Waals surface area contributed by atoms with Crippen molar-refractivity contribution in [1.29, 1.82) is 0 Å². The van der Waals surface area contributed by atoms with Gasteiger partial charge in [-0.05, 0) is 67.3 Å². The van der Waals surface area contributed by atoms with Gasteiger partial charge in [-0.25, -0.2) is 0 Å². The highest BCUT2D eigenvalue weighted by Crippen LogP contribution is 2.34. The molecule has 0 bridgehead atoms. The molecule has 0 saturated carbocycles. The fourth-order valence-corrected chi connectivity index (χ4v) is 3.88. The zero-order valence-electron chi connectivity index (χ0n) is 13.1. The first-order chi connectivity index (χ1) is 10.7. The van der Waals surface area contributed by atoms with Gasteiger partial charge in [0.2, 0.25) is 5.91 Å². The molecule has 0 spiro atoms. The van der Waals surface area contributed by atoms with Crippen molar-refractivity contribution >= 4 is 22.9 Å². The number of nitrogens with zero attached hydrogens (tertiary/aromatic N) is 1. The Kier molecular flexibility index (Phi) is 4.60. The lowest BCUT2D eigenvalue weighted by atomic mass is 10.1. The lowest BCUT2D eigenvalue weighted by Gasteiger charge is -2.29. The van der Waals surface area contributed by atoms with Crippen molar-refractivity contribution in [3.05, 3.63) is 52.2 Å². The third kappa shape index (κ3) is 3.08. The highest BCUT2D eigenvalue weighted by Gasteiger charge is 2.33. The number of para-hydroxylation sites is 1. The average molecular weight is 314 g/mol. The summed E-state index contributed by atoms with van der Waals surface area (Å²) < 4.78 is 0. The van der Waals surface area contributed by atoms with Crippen molar-refractivity contribution in [3.63, 3.8) is 0 Å². The molecule has 22 heavy (non-hydrogen) atoms. The molecule has 1 fully saturated rings. The van der Waals surface area contributed by atoms with Crippen LogP contribution in [0.3, 0.4) is 0 Å². The molecule has 1 aliphatic rings. The fraction of sp³-hybridized carbons (Fsp3) is 0.389. The van der Waals surface area contributed by atoms with Crippen LogP contribution in [0.25, 0.3) is 0 Å². The van der Waals surface area contributed by atoms with Crippen LogP contribution in [0.15, 0.2) is 41.1 Å². The van der Waals surface area contributed by atoms with Gasteiger partial charge in [-0.2, -0.15) is 11.3 Å². The van der Waals surface area contributed by atoms with Crippen LogP contribution in [0.5, 0.6) is 0 Å². The van der Waals surface area contributed by atoms with Crippen molar-refractivity contribution < 1.29 is 4.79 Å². The molecule has 3 nitrogen and oxygen atoms in total. The minimum Gasteiger partial charge on any atom is -0.324 e. The molecule has 2 heterocycles. The van der Waals surface area contributed by atoms with E-state index in [1.165, 1.54) is 5.56 Å². The van der Waals surface area contributed by atoms with Gasteiger partial charge in [0, 0.05) is 11.7 Å². The van der Waals surface area contributed by atoms with E-state index in [0.29, 0.717) is 6.04 Å². The molecule has 3 rings (SSSR count). The minimum absolute atomic E-state index is 0.0800. The molecular weight excluding hydrogens is 292 g/mol. The number of thiophene rings is 1. The van der Waals surface area contributed by atoms with Gasteiger partial charge in [0.15, 0.2) is 0 Å². The molecule has 2 aromatic rings. The van der Waals surface area contributed by atoms with E-state index in [-0.39, 0.29) is 11.9 Å². The fourth-order valence-electron chi connectivity index (χ4n) is 3.18. The number of hydrogen-bond donors (Lipinski definition) is 1. The van der Waals surface area contributed by atoms with Crippen molar-refractivity contribution in [1.82, 2.24) is 4.90 Å². The number of hydrogen-bond acceptors (Lipinski definition) is 3. The summed E-state index contributed by atoms with van der Waals surface area (Å²) >= 11 is 1.73. The molecule has 116 valence electrons. The Morgan fingerprint density at radius 2 is 2.18 bits per heavy atom. The summed E-state index contributed by atoms with van der Waals surface area (Å²) in [5.41, 5.74) is 3.35. The van der Waals surface area contributed by atoms with Crippen molar-refractivity contribution in [3.8, 4) is 0 Å². The van der Waals surface area contributed by atoms with E-state index < -0.39 is 0 Å². The lowest BCUT2D eigenvalue weighted by molar-refractivity contribution is -0.121. The zero-order valence-corrected chi connectivity index (χ0v) is 13.9. The van der Waals surface area contributed by atoms with Crippen LogP contribution in [-0.4, -0.2) is 23.4 Å². The number of benzene rings is 1. The van der Waals surface area contributed by atoms with E-state index in [1.54, 1.807) is 11.3 Å². The predicted molar refractivity (Wildman–Crippen MR) is 92.3 cm³/mol. The summed E-state index contributed by atoms with van der Waals surface area (Å²) in [5, 5.41) is 7.39. The zero-order chi connectivity index (χ0) is 15.5. The lowest BCUT2D eigenvalue weighted by Crippen LogP contribution is -2.41. The molecule has 1 N–H and O–H groups in total. The SMILES string of the molecule is Cc1ccccc1NC(=O)[C@H](C)N1CCC[C@@H]1c1ccsc1. The normalized spacial score (nSPS) is 20.0. The first-order valence-corrected chi connectivity index (χ1v) is 8.75. The summed E-state index contributed by atoms with van der Waals surface area (Å²) in [6, 6.07) is 10.4. The molecule has 2 atom stereocenters. The second kappa shape index (κ2) is 6.63. The second-order valence-electron chi connectivity index (χ2n) is 5.93. The Morgan fingerprint density at radius 3 is 2.91 bits per heavy atom. The predicted octanol–water partition coefficient (Wildman–Crippen LogP) is 4.22. The standard InChI is InChI=1S/C18H22N2OS/c1-13-6-3-4-7-16(13)19-18(21)14(2)20-10-5-8-17(20)15-9-11-22-12-15/h3-4,6-7,9,11-12,14,17H,5,8,10H2,1-2H3,(H,19,21)/t14-,17+/m0/s1. The maximum atomic E-state index is 12.6. The Morgan fingerprint density at radius 1 is 1.36 bits per heavy atom. The van der Waals surface area contributed by atoms with Crippen LogP contribution in [0.2, 0.25) is 0 Å². The average Bonchev–Trinajstić information content (AvgIpc) is 3.19. The molecule has 0 aliphatic carbocycles. The summed E-state index contributed by atoms with van der Waals surface area (Å²) in [6.07, 6.45) is 2.29. The van der Waals surface area contributed by atoms with E-state index in [9.17, 15) is 4.79 Å². The van der Waals surface area contributed by atoms with Crippen LogP contribution in [0.4, 0.5) is 5.69 Å². The molecule has 0 unspecified atom stereocenters. The number of anilines is 1. The number of likely N-dealkylation sites (tertiary alicyclic amines) is 1. The molecule has 1 aromatic heterocycles. The highest BCUT2D eigenvalue weighted by molar-refractivity contribution is 7.07. The van der Waals surface area contributed by atoms with E-state index in [4.69, 9.17) is 0 Å². The molecular formula is C18H22N2OS. The first kappa shape index (κ1) is 15.3. The highest BCUT2D eigenvalue weighted by atomic mass is 32.1. The topological polar surface area (TPSA) is 32.3 Å². The van der Waals surface area contributed by atoms with Gasteiger partial charge >= 0.3 is 0 Å². The Balaban J connectivity index is 1.71. The van der Waals surface area contributed by atoms with Gasteiger partial charge in [-0.3, -0.25) is 9.69 Å². The van der Waals surface area contributed by atoms with Gasteiger partial charge in [-0.15, -0.1) is 0 Å². The maximum absolute atomic E-state index is 12.6. The smallest absolute Gasteiger partial charge is 0.241 e.